The van der Waals surface area contributed by atoms with Crippen molar-refractivity contribution >= 4 is 5.91 Å². The third-order valence-corrected chi connectivity index (χ3v) is 2.51. The summed E-state index contributed by atoms with van der Waals surface area (Å²) in [4.78, 5) is 11.5. The number of hydrogen-bond acceptors (Lipinski definition) is 2. The van der Waals surface area contributed by atoms with Crippen molar-refractivity contribution in [1.29, 1.82) is 0 Å². The molecule has 80 valence electrons. The molecule has 0 aromatic heterocycles. The summed E-state index contributed by atoms with van der Waals surface area (Å²) in [5.41, 5.74) is 0. The minimum atomic E-state index is -0.390. The monoisotopic (exact) mass is 197 g/mol. The Morgan fingerprint density at radius 3 is 2.79 bits per heavy atom. The van der Waals surface area contributed by atoms with Gasteiger partial charge in [0, 0.05) is 12.5 Å². The summed E-state index contributed by atoms with van der Waals surface area (Å²) in [5.74, 6) is 0.175. The van der Waals surface area contributed by atoms with Crippen LogP contribution >= 0.6 is 0 Å². The van der Waals surface area contributed by atoms with Gasteiger partial charge >= 0.3 is 0 Å². The molecule has 1 rings (SSSR count). The Morgan fingerprint density at radius 1 is 1.57 bits per heavy atom. The van der Waals surface area contributed by atoms with E-state index in [-0.39, 0.29) is 11.8 Å². The SMILES string of the molecule is CCCC(O)CNC(=O)C1CC=CC1. The Kier molecular flexibility index (Phi) is 4.66. The predicted molar refractivity (Wildman–Crippen MR) is 55.8 cm³/mol. The van der Waals surface area contributed by atoms with Crippen LogP contribution in [0.5, 0.6) is 0 Å². The van der Waals surface area contributed by atoms with Crippen molar-refractivity contribution < 1.29 is 9.90 Å². The van der Waals surface area contributed by atoms with Crippen LogP contribution in [0.3, 0.4) is 0 Å². The maximum atomic E-state index is 11.5. The molecule has 0 aliphatic heterocycles. The fourth-order valence-corrected chi connectivity index (χ4v) is 1.63. The molecule has 0 bridgehead atoms. The second-order valence-electron chi connectivity index (χ2n) is 3.83. The van der Waals surface area contributed by atoms with E-state index in [1.807, 2.05) is 19.1 Å². The van der Waals surface area contributed by atoms with Crippen LogP contribution in [0, 0.1) is 5.92 Å². The molecule has 0 saturated heterocycles. The largest absolute Gasteiger partial charge is 0.391 e. The minimum absolute atomic E-state index is 0.0742. The molecule has 0 radical (unpaired) electrons. The molecule has 1 atom stereocenters. The summed E-state index contributed by atoms with van der Waals surface area (Å²) in [7, 11) is 0. The summed E-state index contributed by atoms with van der Waals surface area (Å²) < 4.78 is 0. The Balaban J connectivity index is 2.14. The molecule has 0 aromatic carbocycles. The second kappa shape index (κ2) is 5.81. The van der Waals surface area contributed by atoms with Crippen LogP contribution in [0.2, 0.25) is 0 Å². The van der Waals surface area contributed by atoms with Crippen molar-refractivity contribution in [3.63, 3.8) is 0 Å². The van der Waals surface area contributed by atoms with E-state index in [9.17, 15) is 9.90 Å². The Bertz CT molecular complexity index is 205. The Morgan fingerprint density at radius 2 is 2.21 bits per heavy atom. The van der Waals surface area contributed by atoms with Crippen LogP contribution in [-0.4, -0.2) is 23.7 Å². The van der Waals surface area contributed by atoms with E-state index in [1.165, 1.54) is 0 Å². The highest BCUT2D eigenvalue weighted by Gasteiger charge is 2.19. The molecule has 1 unspecified atom stereocenters. The summed E-state index contributed by atoms with van der Waals surface area (Å²) in [6.07, 6.45) is 7.06. The molecule has 0 spiro atoms. The number of carbonyl (C=O) groups excluding carboxylic acids is 1. The highest BCUT2D eigenvalue weighted by Crippen LogP contribution is 2.17. The Hall–Kier alpha value is -0.830. The van der Waals surface area contributed by atoms with E-state index in [0.717, 1.165) is 25.7 Å². The van der Waals surface area contributed by atoms with Gasteiger partial charge in [0.2, 0.25) is 5.91 Å². The van der Waals surface area contributed by atoms with Crippen molar-refractivity contribution in [3.05, 3.63) is 12.2 Å². The van der Waals surface area contributed by atoms with Gasteiger partial charge in [0.15, 0.2) is 0 Å². The van der Waals surface area contributed by atoms with Gasteiger partial charge in [-0.05, 0) is 19.3 Å². The topological polar surface area (TPSA) is 49.3 Å². The first kappa shape index (κ1) is 11.2. The minimum Gasteiger partial charge on any atom is -0.391 e. The van der Waals surface area contributed by atoms with Crippen LogP contribution in [0.4, 0.5) is 0 Å². The Labute approximate surface area is 85.2 Å². The first-order chi connectivity index (χ1) is 6.74. The number of hydrogen-bond donors (Lipinski definition) is 2. The van der Waals surface area contributed by atoms with Crippen molar-refractivity contribution in [1.82, 2.24) is 5.32 Å². The van der Waals surface area contributed by atoms with Gasteiger partial charge in [-0.2, -0.15) is 0 Å². The van der Waals surface area contributed by atoms with Crippen LogP contribution < -0.4 is 5.32 Å². The highest BCUT2D eigenvalue weighted by atomic mass is 16.3. The van der Waals surface area contributed by atoms with Gasteiger partial charge in [-0.15, -0.1) is 0 Å². The average Bonchev–Trinajstić information content (AvgIpc) is 2.67. The summed E-state index contributed by atoms with van der Waals surface area (Å²) in [6, 6.07) is 0. The van der Waals surface area contributed by atoms with E-state index in [2.05, 4.69) is 5.32 Å². The molecule has 0 saturated carbocycles. The standard InChI is InChI=1S/C11H19NO2/c1-2-5-10(13)8-12-11(14)9-6-3-4-7-9/h3-4,9-10,13H,2,5-8H2,1H3,(H,12,14). The number of aliphatic hydroxyl groups excluding tert-OH is 1. The second-order valence-corrected chi connectivity index (χ2v) is 3.83. The van der Waals surface area contributed by atoms with Crippen molar-refractivity contribution in [2.45, 2.75) is 38.7 Å². The lowest BCUT2D eigenvalue weighted by Gasteiger charge is -2.13. The quantitative estimate of drug-likeness (QED) is 0.651. The van der Waals surface area contributed by atoms with Crippen molar-refractivity contribution in [2.24, 2.45) is 5.92 Å². The van der Waals surface area contributed by atoms with Crippen molar-refractivity contribution in [3.8, 4) is 0 Å². The number of carbonyl (C=O) groups is 1. The molecule has 1 aliphatic rings. The number of rotatable bonds is 5. The number of allylic oxidation sites excluding steroid dienone is 2. The van der Waals surface area contributed by atoms with E-state index < -0.39 is 6.10 Å². The number of aliphatic hydroxyl groups is 1. The van der Waals surface area contributed by atoms with E-state index >= 15 is 0 Å². The molecular formula is C11H19NO2. The smallest absolute Gasteiger partial charge is 0.223 e. The number of amides is 1. The molecule has 3 nitrogen and oxygen atoms in total. The number of nitrogens with one attached hydrogen (secondary N) is 1. The zero-order chi connectivity index (χ0) is 10.4. The lowest BCUT2D eigenvalue weighted by Crippen LogP contribution is -2.35. The normalized spacial score (nSPS) is 18.4. The first-order valence-corrected chi connectivity index (χ1v) is 5.34. The lowest BCUT2D eigenvalue weighted by molar-refractivity contribution is -0.125. The summed E-state index contributed by atoms with van der Waals surface area (Å²) in [5, 5.41) is 12.2. The average molecular weight is 197 g/mol. The fraction of sp³-hybridized carbons (Fsp3) is 0.727. The van der Waals surface area contributed by atoms with Gasteiger partial charge in [-0.25, -0.2) is 0 Å². The van der Waals surface area contributed by atoms with E-state index in [0.29, 0.717) is 6.54 Å². The molecule has 0 aromatic rings. The molecule has 0 fully saturated rings. The van der Waals surface area contributed by atoms with Gasteiger partial charge < -0.3 is 10.4 Å². The van der Waals surface area contributed by atoms with Gasteiger partial charge in [-0.3, -0.25) is 4.79 Å². The van der Waals surface area contributed by atoms with Gasteiger partial charge in [0.1, 0.15) is 0 Å². The first-order valence-electron chi connectivity index (χ1n) is 5.34. The molecule has 1 amide bonds. The van der Waals surface area contributed by atoms with Gasteiger partial charge in [0.25, 0.3) is 0 Å². The van der Waals surface area contributed by atoms with Crippen LogP contribution in [0.15, 0.2) is 12.2 Å². The molecule has 1 aliphatic carbocycles. The maximum absolute atomic E-state index is 11.5. The zero-order valence-corrected chi connectivity index (χ0v) is 8.70. The molecule has 3 heteroatoms. The third kappa shape index (κ3) is 3.50. The van der Waals surface area contributed by atoms with Crippen LogP contribution in [-0.2, 0) is 4.79 Å². The predicted octanol–water partition coefficient (Wildman–Crippen LogP) is 1.23. The highest BCUT2D eigenvalue weighted by molar-refractivity contribution is 5.79. The summed E-state index contributed by atoms with van der Waals surface area (Å²) >= 11 is 0. The van der Waals surface area contributed by atoms with E-state index in [1.54, 1.807) is 0 Å². The van der Waals surface area contributed by atoms with Gasteiger partial charge in [-0.1, -0.05) is 25.5 Å². The fourth-order valence-electron chi connectivity index (χ4n) is 1.63. The van der Waals surface area contributed by atoms with Crippen molar-refractivity contribution in [2.75, 3.05) is 6.54 Å². The van der Waals surface area contributed by atoms with E-state index in [4.69, 9.17) is 0 Å². The molecular weight excluding hydrogens is 178 g/mol. The molecule has 0 heterocycles. The third-order valence-electron chi connectivity index (χ3n) is 2.51. The maximum Gasteiger partial charge on any atom is 0.223 e. The lowest BCUT2D eigenvalue weighted by atomic mass is 10.1. The van der Waals surface area contributed by atoms with Crippen LogP contribution in [0.25, 0.3) is 0 Å². The molecule has 14 heavy (non-hydrogen) atoms. The van der Waals surface area contributed by atoms with Crippen LogP contribution in [0.1, 0.15) is 32.6 Å². The molecule has 2 N–H and O–H groups in total. The summed E-state index contributed by atoms with van der Waals surface area (Å²) in [6.45, 7) is 2.41. The zero-order valence-electron chi connectivity index (χ0n) is 8.70. The van der Waals surface area contributed by atoms with Gasteiger partial charge in [0.05, 0.1) is 6.10 Å².